The van der Waals surface area contributed by atoms with Crippen LogP contribution in [0.5, 0.6) is 11.9 Å². The van der Waals surface area contributed by atoms with Gasteiger partial charge in [-0.3, -0.25) is 0 Å². The molecule has 0 spiro atoms. The molecule has 1 N–H and O–H groups in total. The summed E-state index contributed by atoms with van der Waals surface area (Å²) in [5.74, 6) is 0.324. The molecule has 0 saturated carbocycles. The second-order valence-electron chi connectivity index (χ2n) is 7.17. The number of nitrogens with zero attached hydrogens (tertiary/aromatic N) is 2. The molecule has 1 unspecified atom stereocenters. The number of ether oxygens (including phenoxy) is 2. The van der Waals surface area contributed by atoms with Crippen LogP contribution in [0.2, 0.25) is 0 Å². The lowest BCUT2D eigenvalue weighted by atomic mass is 10.0. The number of rotatable bonds is 9. The summed E-state index contributed by atoms with van der Waals surface area (Å²) >= 11 is 0. The summed E-state index contributed by atoms with van der Waals surface area (Å²) in [5.41, 5.74) is 3.59. The first kappa shape index (κ1) is 20.6. The van der Waals surface area contributed by atoms with E-state index in [1.54, 1.807) is 6.20 Å². The van der Waals surface area contributed by atoms with Gasteiger partial charge in [0.2, 0.25) is 5.88 Å². The van der Waals surface area contributed by atoms with Crippen molar-refractivity contribution in [3.63, 3.8) is 0 Å². The maximum absolute atomic E-state index is 10.8. The smallest absolute Gasteiger partial charge is 0.320 e. The normalized spacial score (nSPS) is 11.6. The van der Waals surface area contributed by atoms with Crippen molar-refractivity contribution >= 4 is 0 Å². The van der Waals surface area contributed by atoms with Crippen LogP contribution in [0.1, 0.15) is 28.4 Å². The van der Waals surface area contributed by atoms with E-state index in [9.17, 15) is 5.11 Å². The minimum Gasteiger partial charge on any atom is -0.472 e. The summed E-state index contributed by atoms with van der Waals surface area (Å²) in [6, 6.07) is 29.7. The van der Waals surface area contributed by atoms with Crippen LogP contribution in [0, 0.1) is 0 Å². The standard InChI is InChI=1S/C26H24N2O3/c29-24(16-20-10-4-1-5-11-20)23-17-27-26(31-19-22-14-8-3-9-15-22)28-25(23)30-18-21-12-6-2-7-13-21/h1-15,17,24,29H,16,18-19H2. The molecular formula is C26H24N2O3. The number of benzene rings is 3. The van der Waals surface area contributed by atoms with Gasteiger partial charge < -0.3 is 14.6 Å². The fraction of sp³-hybridized carbons (Fsp3) is 0.154. The zero-order valence-electron chi connectivity index (χ0n) is 17.1. The van der Waals surface area contributed by atoms with Gasteiger partial charge in [-0.05, 0) is 16.7 Å². The lowest BCUT2D eigenvalue weighted by Crippen LogP contribution is -2.10. The highest BCUT2D eigenvalue weighted by atomic mass is 16.5. The van der Waals surface area contributed by atoms with Gasteiger partial charge in [-0.15, -0.1) is 0 Å². The van der Waals surface area contributed by atoms with Gasteiger partial charge in [0.15, 0.2) is 0 Å². The Morgan fingerprint density at radius 2 is 1.19 bits per heavy atom. The van der Waals surface area contributed by atoms with Crippen molar-refractivity contribution in [3.8, 4) is 11.9 Å². The van der Waals surface area contributed by atoms with Crippen molar-refractivity contribution in [1.29, 1.82) is 0 Å². The Balaban J connectivity index is 1.53. The van der Waals surface area contributed by atoms with Crippen LogP contribution in [-0.4, -0.2) is 15.1 Å². The molecule has 0 bridgehead atoms. The molecule has 0 aliphatic carbocycles. The zero-order valence-corrected chi connectivity index (χ0v) is 17.1. The van der Waals surface area contributed by atoms with Crippen LogP contribution in [0.15, 0.2) is 97.2 Å². The lowest BCUT2D eigenvalue weighted by molar-refractivity contribution is 0.166. The maximum atomic E-state index is 10.8. The zero-order chi connectivity index (χ0) is 21.3. The van der Waals surface area contributed by atoms with E-state index in [1.165, 1.54) is 0 Å². The van der Waals surface area contributed by atoms with Crippen LogP contribution in [0.3, 0.4) is 0 Å². The van der Waals surface area contributed by atoms with E-state index in [-0.39, 0.29) is 6.01 Å². The SMILES string of the molecule is OC(Cc1ccccc1)c1cnc(OCc2ccccc2)nc1OCc1ccccc1. The van der Waals surface area contributed by atoms with Gasteiger partial charge in [0.05, 0.1) is 11.7 Å². The maximum Gasteiger partial charge on any atom is 0.320 e. The van der Waals surface area contributed by atoms with Crippen molar-refractivity contribution in [3.05, 3.63) is 119 Å². The highest BCUT2D eigenvalue weighted by Gasteiger charge is 2.18. The Hall–Kier alpha value is -3.70. The molecule has 5 heteroatoms. The van der Waals surface area contributed by atoms with Crippen LogP contribution < -0.4 is 9.47 Å². The Bertz CT molecular complexity index is 1070. The molecule has 5 nitrogen and oxygen atoms in total. The predicted octanol–water partition coefficient (Wildman–Crippen LogP) is 4.91. The largest absolute Gasteiger partial charge is 0.472 e. The average molecular weight is 412 g/mol. The van der Waals surface area contributed by atoms with E-state index in [2.05, 4.69) is 9.97 Å². The van der Waals surface area contributed by atoms with Crippen molar-refractivity contribution in [1.82, 2.24) is 9.97 Å². The molecule has 4 rings (SSSR count). The third-order valence-corrected chi connectivity index (χ3v) is 4.82. The van der Waals surface area contributed by atoms with Gasteiger partial charge in [-0.25, -0.2) is 4.98 Å². The molecule has 4 aromatic rings. The lowest BCUT2D eigenvalue weighted by Gasteiger charge is -2.16. The predicted molar refractivity (Wildman–Crippen MR) is 119 cm³/mol. The Kier molecular flexibility index (Phi) is 6.88. The number of hydrogen-bond donors (Lipinski definition) is 1. The molecule has 156 valence electrons. The number of aromatic nitrogens is 2. The van der Waals surface area contributed by atoms with Gasteiger partial charge in [-0.2, -0.15) is 4.98 Å². The molecule has 0 aliphatic rings. The van der Waals surface area contributed by atoms with Gasteiger partial charge in [0.1, 0.15) is 13.2 Å². The van der Waals surface area contributed by atoms with E-state index in [4.69, 9.17) is 9.47 Å². The van der Waals surface area contributed by atoms with Crippen molar-refractivity contribution in [2.45, 2.75) is 25.7 Å². The van der Waals surface area contributed by atoms with E-state index in [0.717, 1.165) is 16.7 Å². The Morgan fingerprint density at radius 3 is 1.77 bits per heavy atom. The van der Waals surface area contributed by atoms with E-state index in [0.29, 0.717) is 31.1 Å². The number of aliphatic hydroxyl groups excluding tert-OH is 1. The van der Waals surface area contributed by atoms with Crippen molar-refractivity contribution in [2.24, 2.45) is 0 Å². The Morgan fingerprint density at radius 1 is 0.677 bits per heavy atom. The van der Waals surface area contributed by atoms with Gasteiger partial charge in [0, 0.05) is 12.6 Å². The molecule has 3 aromatic carbocycles. The van der Waals surface area contributed by atoms with Gasteiger partial charge in [-0.1, -0.05) is 91.0 Å². The minimum absolute atomic E-state index is 0.211. The molecule has 0 amide bonds. The first-order valence-corrected chi connectivity index (χ1v) is 10.2. The fourth-order valence-electron chi connectivity index (χ4n) is 3.17. The summed E-state index contributed by atoms with van der Waals surface area (Å²) in [4.78, 5) is 8.75. The minimum atomic E-state index is -0.795. The molecule has 31 heavy (non-hydrogen) atoms. The first-order chi connectivity index (χ1) is 15.3. The van der Waals surface area contributed by atoms with E-state index in [1.807, 2.05) is 91.0 Å². The first-order valence-electron chi connectivity index (χ1n) is 10.2. The monoisotopic (exact) mass is 412 g/mol. The summed E-state index contributed by atoms with van der Waals surface area (Å²) < 4.78 is 11.7. The molecule has 1 heterocycles. The Labute approximate surface area is 182 Å². The molecule has 0 fully saturated rings. The molecule has 0 radical (unpaired) electrons. The second kappa shape index (κ2) is 10.4. The summed E-state index contributed by atoms with van der Waals surface area (Å²) in [5, 5.41) is 10.8. The van der Waals surface area contributed by atoms with Crippen LogP contribution in [0.4, 0.5) is 0 Å². The van der Waals surface area contributed by atoms with Crippen LogP contribution in [-0.2, 0) is 19.6 Å². The second-order valence-corrected chi connectivity index (χ2v) is 7.17. The summed E-state index contributed by atoms with van der Waals surface area (Å²) in [6.07, 6.45) is 1.23. The fourth-order valence-corrected chi connectivity index (χ4v) is 3.17. The quantitative estimate of drug-likeness (QED) is 0.423. The molecule has 0 aliphatic heterocycles. The van der Waals surface area contributed by atoms with E-state index >= 15 is 0 Å². The topological polar surface area (TPSA) is 64.5 Å². The van der Waals surface area contributed by atoms with E-state index < -0.39 is 6.10 Å². The molecule has 0 saturated heterocycles. The van der Waals surface area contributed by atoms with Gasteiger partial charge >= 0.3 is 6.01 Å². The van der Waals surface area contributed by atoms with Gasteiger partial charge in [0.25, 0.3) is 0 Å². The highest BCUT2D eigenvalue weighted by Crippen LogP contribution is 2.28. The number of aliphatic hydroxyl groups is 1. The number of hydrogen-bond acceptors (Lipinski definition) is 5. The van der Waals surface area contributed by atoms with Crippen molar-refractivity contribution in [2.75, 3.05) is 0 Å². The highest BCUT2D eigenvalue weighted by molar-refractivity contribution is 5.30. The average Bonchev–Trinajstić information content (AvgIpc) is 2.83. The third kappa shape index (κ3) is 5.90. The van der Waals surface area contributed by atoms with Crippen LogP contribution in [0.25, 0.3) is 0 Å². The third-order valence-electron chi connectivity index (χ3n) is 4.82. The van der Waals surface area contributed by atoms with Crippen molar-refractivity contribution < 1.29 is 14.6 Å². The molecular weight excluding hydrogens is 388 g/mol. The van der Waals surface area contributed by atoms with Crippen LogP contribution >= 0.6 is 0 Å². The molecule has 1 aromatic heterocycles. The summed E-state index contributed by atoms with van der Waals surface area (Å²) in [6.45, 7) is 0.686. The molecule has 1 atom stereocenters. The summed E-state index contributed by atoms with van der Waals surface area (Å²) in [7, 11) is 0.